The van der Waals surface area contributed by atoms with E-state index >= 15 is 0 Å². The van der Waals surface area contributed by atoms with E-state index in [9.17, 15) is 5.11 Å². The van der Waals surface area contributed by atoms with Gasteiger partial charge in [0.05, 0.1) is 6.61 Å². The summed E-state index contributed by atoms with van der Waals surface area (Å²) in [5.74, 6) is 1.01. The van der Waals surface area contributed by atoms with Crippen LogP contribution in [0.5, 0.6) is 5.75 Å². The number of para-hydroxylation sites is 1. The van der Waals surface area contributed by atoms with E-state index in [1.807, 2.05) is 38.1 Å². The Bertz CT molecular complexity index is 318. The second-order valence-corrected chi connectivity index (χ2v) is 3.98. The normalized spacial score (nSPS) is 23.8. The number of hydrogen-bond acceptors (Lipinski definition) is 2. The molecule has 0 saturated heterocycles. The van der Waals surface area contributed by atoms with Crippen molar-refractivity contribution in [3.8, 4) is 5.75 Å². The number of aliphatic hydroxyl groups excluding tert-OH is 1. The first-order chi connectivity index (χ1) is 6.15. The van der Waals surface area contributed by atoms with Crippen molar-refractivity contribution < 1.29 is 9.84 Å². The molecule has 0 spiro atoms. The molecule has 0 aromatic heterocycles. The molecular weight excluding hydrogens is 164 g/mol. The van der Waals surface area contributed by atoms with Gasteiger partial charge in [0.15, 0.2) is 0 Å². The number of rotatable bonds is 1. The summed E-state index contributed by atoms with van der Waals surface area (Å²) in [6.45, 7) is 4.16. The minimum absolute atomic E-state index is 0.101. The van der Waals surface area contributed by atoms with E-state index < -0.39 is 0 Å². The lowest BCUT2D eigenvalue weighted by molar-refractivity contribution is 0.0815. The Morgan fingerprint density at radius 3 is 2.77 bits per heavy atom. The molecule has 2 nitrogen and oxygen atoms in total. The van der Waals surface area contributed by atoms with Gasteiger partial charge in [0.1, 0.15) is 11.4 Å². The summed E-state index contributed by atoms with van der Waals surface area (Å²) in [7, 11) is 0. The third kappa shape index (κ3) is 1.22. The zero-order valence-corrected chi connectivity index (χ0v) is 7.95. The number of ether oxygens (including phenoxy) is 1. The molecule has 1 unspecified atom stereocenters. The van der Waals surface area contributed by atoms with Gasteiger partial charge in [0.25, 0.3) is 0 Å². The van der Waals surface area contributed by atoms with E-state index in [2.05, 4.69) is 0 Å². The average Bonchev–Trinajstić information content (AvgIpc) is 2.33. The SMILES string of the molecule is CC1(C)Oc2ccccc2C1CO. The molecule has 1 heterocycles. The zero-order valence-electron chi connectivity index (χ0n) is 7.95. The third-order valence-electron chi connectivity index (χ3n) is 2.69. The number of benzene rings is 1. The van der Waals surface area contributed by atoms with Crippen molar-refractivity contribution >= 4 is 0 Å². The second kappa shape index (κ2) is 2.74. The molecule has 1 aliphatic heterocycles. The van der Waals surface area contributed by atoms with E-state index in [1.54, 1.807) is 0 Å². The smallest absolute Gasteiger partial charge is 0.123 e. The first kappa shape index (κ1) is 8.57. The summed E-state index contributed by atoms with van der Waals surface area (Å²) in [6, 6.07) is 7.90. The van der Waals surface area contributed by atoms with Gasteiger partial charge in [-0.3, -0.25) is 0 Å². The van der Waals surface area contributed by atoms with Crippen LogP contribution in [0, 0.1) is 0 Å². The van der Waals surface area contributed by atoms with Crippen LogP contribution in [-0.2, 0) is 0 Å². The van der Waals surface area contributed by atoms with E-state index in [1.165, 1.54) is 0 Å². The molecule has 0 amide bonds. The summed E-state index contributed by atoms with van der Waals surface area (Å²) in [4.78, 5) is 0. The Labute approximate surface area is 78.2 Å². The molecule has 1 aliphatic rings. The number of aliphatic hydroxyl groups is 1. The molecule has 70 valence electrons. The fraction of sp³-hybridized carbons (Fsp3) is 0.455. The van der Waals surface area contributed by atoms with Crippen LogP contribution in [0.1, 0.15) is 25.3 Å². The lowest BCUT2D eigenvalue weighted by atomic mass is 9.88. The standard InChI is InChI=1S/C11H14O2/c1-11(2)9(7-12)8-5-3-4-6-10(8)13-11/h3-6,9,12H,7H2,1-2H3. The fourth-order valence-electron chi connectivity index (χ4n) is 1.91. The van der Waals surface area contributed by atoms with Crippen molar-refractivity contribution in [3.05, 3.63) is 29.8 Å². The van der Waals surface area contributed by atoms with Gasteiger partial charge in [0.2, 0.25) is 0 Å². The predicted molar refractivity (Wildman–Crippen MR) is 51.0 cm³/mol. The molecule has 0 bridgehead atoms. The van der Waals surface area contributed by atoms with Gasteiger partial charge in [0, 0.05) is 11.5 Å². The van der Waals surface area contributed by atoms with Crippen LogP contribution in [0.2, 0.25) is 0 Å². The summed E-state index contributed by atoms with van der Waals surface area (Å²) in [5.41, 5.74) is 0.841. The van der Waals surface area contributed by atoms with Gasteiger partial charge in [-0.15, -0.1) is 0 Å². The van der Waals surface area contributed by atoms with Crippen molar-refractivity contribution in [2.45, 2.75) is 25.4 Å². The molecule has 1 atom stereocenters. The van der Waals surface area contributed by atoms with Crippen LogP contribution >= 0.6 is 0 Å². The molecule has 1 aromatic rings. The highest BCUT2D eigenvalue weighted by atomic mass is 16.5. The predicted octanol–water partition coefficient (Wildman–Crippen LogP) is 1.93. The molecular formula is C11H14O2. The Kier molecular flexibility index (Phi) is 1.81. The molecule has 2 heteroatoms. The summed E-state index contributed by atoms with van der Waals surface area (Å²) in [5, 5.41) is 9.27. The maximum absolute atomic E-state index is 9.27. The second-order valence-electron chi connectivity index (χ2n) is 3.98. The molecule has 13 heavy (non-hydrogen) atoms. The number of hydrogen-bond donors (Lipinski definition) is 1. The van der Waals surface area contributed by atoms with Crippen molar-refractivity contribution in [2.75, 3.05) is 6.61 Å². The maximum Gasteiger partial charge on any atom is 0.123 e. The van der Waals surface area contributed by atoms with Crippen LogP contribution in [0.25, 0.3) is 0 Å². The first-order valence-corrected chi connectivity index (χ1v) is 4.54. The maximum atomic E-state index is 9.27. The average molecular weight is 178 g/mol. The molecule has 0 aliphatic carbocycles. The largest absolute Gasteiger partial charge is 0.487 e. The monoisotopic (exact) mass is 178 g/mol. The Balaban J connectivity index is 2.46. The van der Waals surface area contributed by atoms with Crippen LogP contribution < -0.4 is 4.74 Å². The Morgan fingerprint density at radius 1 is 1.38 bits per heavy atom. The van der Waals surface area contributed by atoms with Gasteiger partial charge in [-0.05, 0) is 19.9 Å². The van der Waals surface area contributed by atoms with Gasteiger partial charge in [-0.2, -0.15) is 0 Å². The van der Waals surface area contributed by atoms with Crippen LogP contribution in [0.3, 0.4) is 0 Å². The molecule has 1 N–H and O–H groups in total. The quantitative estimate of drug-likeness (QED) is 0.712. The van der Waals surface area contributed by atoms with E-state index in [-0.39, 0.29) is 18.1 Å². The zero-order chi connectivity index (χ0) is 9.47. The summed E-state index contributed by atoms with van der Waals surface area (Å²) >= 11 is 0. The van der Waals surface area contributed by atoms with Crippen molar-refractivity contribution in [1.29, 1.82) is 0 Å². The Morgan fingerprint density at radius 2 is 2.08 bits per heavy atom. The molecule has 2 rings (SSSR count). The molecule has 0 saturated carbocycles. The molecule has 0 radical (unpaired) electrons. The van der Waals surface area contributed by atoms with Crippen LogP contribution in [0.15, 0.2) is 24.3 Å². The lowest BCUT2D eigenvalue weighted by Gasteiger charge is -2.24. The minimum Gasteiger partial charge on any atom is -0.487 e. The lowest BCUT2D eigenvalue weighted by Crippen LogP contribution is -2.32. The summed E-state index contributed by atoms with van der Waals surface area (Å²) < 4.78 is 5.74. The third-order valence-corrected chi connectivity index (χ3v) is 2.69. The first-order valence-electron chi connectivity index (χ1n) is 4.54. The van der Waals surface area contributed by atoms with Gasteiger partial charge >= 0.3 is 0 Å². The van der Waals surface area contributed by atoms with Crippen LogP contribution in [0.4, 0.5) is 0 Å². The molecule has 0 fully saturated rings. The Hall–Kier alpha value is -1.02. The van der Waals surface area contributed by atoms with E-state index in [4.69, 9.17) is 4.74 Å². The highest BCUT2D eigenvalue weighted by molar-refractivity contribution is 5.42. The van der Waals surface area contributed by atoms with Crippen molar-refractivity contribution in [3.63, 3.8) is 0 Å². The van der Waals surface area contributed by atoms with Gasteiger partial charge < -0.3 is 9.84 Å². The van der Waals surface area contributed by atoms with E-state index in [0.717, 1.165) is 11.3 Å². The van der Waals surface area contributed by atoms with Crippen molar-refractivity contribution in [2.24, 2.45) is 0 Å². The van der Waals surface area contributed by atoms with Gasteiger partial charge in [-0.25, -0.2) is 0 Å². The summed E-state index contributed by atoms with van der Waals surface area (Å²) in [6.07, 6.45) is 0. The van der Waals surface area contributed by atoms with Crippen molar-refractivity contribution in [1.82, 2.24) is 0 Å². The number of fused-ring (bicyclic) bond motifs is 1. The highest BCUT2D eigenvalue weighted by Crippen LogP contribution is 2.43. The highest BCUT2D eigenvalue weighted by Gasteiger charge is 2.40. The minimum atomic E-state index is -0.279. The van der Waals surface area contributed by atoms with Crippen LogP contribution in [-0.4, -0.2) is 17.3 Å². The topological polar surface area (TPSA) is 29.5 Å². The van der Waals surface area contributed by atoms with Gasteiger partial charge in [-0.1, -0.05) is 18.2 Å². The van der Waals surface area contributed by atoms with E-state index in [0.29, 0.717) is 0 Å². The fourth-order valence-corrected chi connectivity index (χ4v) is 1.91. The molecule has 1 aromatic carbocycles.